The summed E-state index contributed by atoms with van der Waals surface area (Å²) in [6.07, 6.45) is 4.54. The molecule has 34 heavy (non-hydrogen) atoms. The zero-order valence-electron chi connectivity index (χ0n) is 19.8. The number of anilines is 1. The maximum atomic E-state index is 13.0. The van der Waals surface area contributed by atoms with E-state index in [1.54, 1.807) is 17.5 Å². The summed E-state index contributed by atoms with van der Waals surface area (Å²) in [6.45, 7) is 6.96. The smallest absolute Gasteiger partial charge is 0.255 e. The molecular weight excluding hydrogens is 495 g/mol. The molecule has 1 heterocycles. The molecule has 0 saturated heterocycles. The summed E-state index contributed by atoms with van der Waals surface area (Å²) in [5, 5.41) is 8.42. The molecule has 0 saturated carbocycles. The number of hydrogen-bond donors (Lipinski definition) is 2. The van der Waals surface area contributed by atoms with Gasteiger partial charge in [-0.05, 0) is 30.5 Å². The molecule has 0 bridgehead atoms. The Morgan fingerprint density at radius 1 is 1.12 bits per heavy atom. The number of nitrogens with zero attached hydrogens (tertiary/aromatic N) is 2. The predicted molar refractivity (Wildman–Crippen MR) is 139 cm³/mol. The van der Waals surface area contributed by atoms with Crippen molar-refractivity contribution in [1.82, 2.24) is 15.2 Å². The molecule has 2 rings (SSSR count). The van der Waals surface area contributed by atoms with E-state index >= 15 is 0 Å². The quantitative estimate of drug-likeness (QED) is 0.340. The molecule has 0 aliphatic carbocycles. The summed E-state index contributed by atoms with van der Waals surface area (Å²) in [6, 6.07) is 4.65. The first-order valence-corrected chi connectivity index (χ1v) is 13.1. The third kappa shape index (κ3) is 9.60. The Morgan fingerprint density at radius 3 is 2.56 bits per heavy atom. The number of halogens is 2. The SMILES string of the molecule is CCCCCCNC(=O)Cc1csc(NC(=O)CN(CC(C)C)C(=O)c2ccc(Cl)cc2Cl)n1. The largest absolute Gasteiger partial charge is 0.356 e. The van der Waals surface area contributed by atoms with Crippen LogP contribution in [0.3, 0.4) is 0 Å². The van der Waals surface area contributed by atoms with E-state index in [2.05, 4.69) is 22.5 Å². The number of unbranched alkanes of at least 4 members (excludes halogenated alkanes) is 3. The number of aromatic nitrogens is 1. The Balaban J connectivity index is 1.92. The molecule has 0 aliphatic heterocycles. The minimum absolute atomic E-state index is 0.0896. The molecule has 0 spiro atoms. The van der Waals surface area contributed by atoms with Crippen molar-refractivity contribution >= 4 is 57.4 Å². The second-order valence-corrected chi connectivity index (χ2v) is 10.2. The lowest BCUT2D eigenvalue weighted by Crippen LogP contribution is -2.40. The molecule has 2 aromatic rings. The van der Waals surface area contributed by atoms with Gasteiger partial charge in [-0.25, -0.2) is 4.98 Å². The maximum Gasteiger partial charge on any atom is 0.255 e. The highest BCUT2D eigenvalue weighted by Crippen LogP contribution is 2.23. The number of thiazole rings is 1. The van der Waals surface area contributed by atoms with Gasteiger partial charge in [0, 0.05) is 23.5 Å². The zero-order valence-corrected chi connectivity index (χ0v) is 22.2. The monoisotopic (exact) mass is 526 g/mol. The van der Waals surface area contributed by atoms with Crippen LogP contribution < -0.4 is 10.6 Å². The Labute approximate surface area is 215 Å². The molecule has 1 aromatic heterocycles. The molecule has 186 valence electrons. The van der Waals surface area contributed by atoms with Crippen LogP contribution in [0.15, 0.2) is 23.6 Å². The summed E-state index contributed by atoms with van der Waals surface area (Å²) >= 11 is 13.4. The number of carbonyl (C=O) groups is 3. The minimum atomic E-state index is -0.375. The van der Waals surface area contributed by atoms with Crippen molar-refractivity contribution < 1.29 is 14.4 Å². The number of nitrogens with one attached hydrogen (secondary N) is 2. The number of rotatable bonds is 13. The van der Waals surface area contributed by atoms with Crippen LogP contribution in [-0.4, -0.2) is 47.2 Å². The lowest BCUT2D eigenvalue weighted by Gasteiger charge is -2.24. The summed E-state index contributed by atoms with van der Waals surface area (Å²) in [5.41, 5.74) is 0.881. The third-order valence-corrected chi connectivity index (χ3v) is 6.22. The van der Waals surface area contributed by atoms with Gasteiger partial charge in [-0.2, -0.15) is 0 Å². The molecule has 0 radical (unpaired) electrons. The van der Waals surface area contributed by atoms with Crippen molar-refractivity contribution in [3.63, 3.8) is 0 Å². The van der Waals surface area contributed by atoms with Gasteiger partial charge < -0.3 is 15.5 Å². The van der Waals surface area contributed by atoms with E-state index in [4.69, 9.17) is 23.2 Å². The van der Waals surface area contributed by atoms with Crippen LogP contribution >= 0.6 is 34.5 Å². The van der Waals surface area contributed by atoms with Crippen molar-refractivity contribution in [2.24, 2.45) is 5.92 Å². The highest BCUT2D eigenvalue weighted by Gasteiger charge is 2.22. The van der Waals surface area contributed by atoms with Crippen molar-refractivity contribution in [1.29, 1.82) is 0 Å². The highest BCUT2D eigenvalue weighted by atomic mass is 35.5. The van der Waals surface area contributed by atoms with E-state index in [1.165, 1.54) is 22.3 Å². The molecule has 10 heteroatoms. The first kappa shape index (κ1) is 28.1. The van der Waals surface area contributed by atoms with Crippen LogP contribution in [0.4, 0.5) is 5.13 Å². The minimum Gasteiger partial charge on any atom is -0.356 e. The zero-order chi connectivity index (χ0) is 25.1. The number of amides is 3. The van der Waals surface area contributed by atoms with E-state index in [1.807, 2.05) is 13.8 Å². The van der Waals surface area contributed by atoms with Crippen LogP contribution in [-0.2, 0) is 16.0 Å². The third-order valence-electron chi connectivity index (χ3n) is 4.86. The van der Waals surface area contributed by atoms with Crippen LogP contribution in [0.5, 0.6) is 0 Å². The summed E-state index contributed by atoms with van der Waals surface area (Å²) in [4.78, 5) is 43.6. The molecule has 1 aromatic carbocycles. The Morgan fingerprint density at radius 2 is 1.88 bits per heavy atom. The van der Waals surface area contributed by atoms with Gasteiger partial charge in [0.25, 0.3) is 5.91 Å². The molecule has 0 aliphatic rings. The van der Waals surface area contributed by atoms with Gasteiger partial charge in [0.1, 0.15) is 6.54 Å². The van der Waals surface area contributed by atoms with Gasteiger partial charge in [-0.1, -0.05) is 63.2 Å². The van der Waals surface area contributed by atoms with Crippen molar-refractivity contribution in [3.8, 4) is 0 Å². The summed E-state index contributed by atoms with van der Waals surface area (Å²) in [7, 11) is 0. The van der Waals surface area contributed by atoms with Crippen LogP contribution in [0.1, 0.15) is 62.5 Å². The number of carbonyl (C=O) groups excluding carboxylic acids is 3. The van der Waals surface area contributed by atoms with E-state index in [0.29, 0.717) is 28.9 Å². The normalized spacial score (nSPS) is 10.9. The average Bonchev–Trinajstić information content (AvgIpc) is 3.18. The molecular formula is C24H32Cl2N4O3S. The molecule has 3 amide bonds. The van der Waals surface area contributed by atoms with E-state index in [0.717, 1.165) is 25.7 Å². The van der Waals surface area contributed by atoms with Gasteiger partial charge in [-0.3, -0.25) is 14.4 Å². The fourth-order valence-electron chi connectivity index (χ4n) is 3.28. The van der Waals surface area contributed by atoms with Crippen molar-refractivity contribution in [2.45, 2.75) is 52.9 Å². The summed E-state index contributed by atoms with van der Waals surface area (Å²) in [5.74, 6) is -0.663. The lowest BCUT2D eigenvalue weighted by molar-refractivity contribution is -0.120. The average molecular weight is 528 g/mol. The highest BCUT2D eigenvalue weighted by molar-refractivity contribution is 7.13. The van der Waals surface area contributed by atoms with Gasteiger partial charge >= 0.3 is 0 Å². The molecule has 2 N–H and O–H groups in total. The van der Waals surface area contributed by atoms with Gasteiger partial charge in [-0.15, -0.1) is 11.3 Å². The second-order valence-electron chi connectivity index (χ2n) is 8.48. The first-order valence-electron chi connectivity index (χ1n) is 11.4. The molecule has 0 atom stereocenters. The standard InChI is InChI=1S/C24H32Cl2N4O3S/c1-4-5-6-7-10-27-21(31)12-18-15-34-24(28-18)29-22(32)14-30(13-16(2)3)23(33)19-9-8-17(25)11-20(19)26/h8-9,11,15-16H,4-7,10,12-14H2,1-3H3,(H,27,31)(H,28,29,32). The molecule has 0 unspecified atom stereocenters. The Hall–Kier alpha value is -2.16. The first-order chi connectivity index (χ1) is 16.2. The Kier molecular flexibility index (Phi) is 11.8. The van der Waals surface area contributed by atoms with Crippen molar-refractivity contribution in [2.75, 3.05) is 25.0 Å². The fraction of sp³-hybridized carbons (Fsp3) is 0.500. The fourth-order valence-corrected chi connectivity index (χ4v) is 4.49. The summed E-state index contributed by atoms with van der Waals surface area (Å²) < 4.78 is 0. The molecule has 0 fully saturated rings. The van der Waals surface area contributed by atoms with Crippen molar-refractivity contribution in [3.05, 3.63) is 44.9 Å². The Bertz CT molecular complexity index is 981. The second kappa shape index (κ2) is 14.3. The lowest BCUT2D eigenvalue weighted by atomic mass is 10.1. The van der Waals surface area contributed by atoms with E-state index in [9.17, 15) is 14.4 Å². The number of hydrogen-bond acceptors (Lipinski definition) is 5. The maximum absolute atomic E-state index is 13.0. The van der Waals surface area contributed by atoms with Gasteiger partial charge in [0.05, 0.1) is 22.7 Å². The van der Waals surface area contributed by atoms with E-state index in [-0.39, 0.29) is 47.2 Å². The van der Waals surface area contributed by atoms with Crippen LogP contribution in [0.2, 0.25) is 10.0 Å². The van der Waals surface area contributed by atoms with Gasteiger partial charge in [0.2, 0.25) is 11.8 Å². The number of benzene rings is 1. The van der Waals surface area contributed by atoms with Gasteiger partial charge in [0.15, 0.2) is 5.13 Å². The van der Waals surface area contributed by atoms with Crippen LogP contribution in [0.25, 0.3) is 0 Å². The topological polar surface area (TPSA) is 91.4 Å². The van der Waals surface area contributed by atoms with E-state index < -0.39 is 0 Å². The molecule has 7 nitrogen and oxygen atoms in total. The predicted octanol–water partition coefficient (Wildman–Crippen LogP) is 5.43. The van der Waals surface area contributed by atoms with Crippen LogP contribution in [0, 0.1) is 5.92 Å².